The molecule has 2 heterocycles. The molecule has 0 unspecified atom stereocenters. The quantitative estimate of drug-likeness (QED) is 0.531. The Morgan fingerprint density at radius 1 is 0.926 bits per heavy atom. The number of fused-ring (bicyclic) bond motifs is 1. The highest BCUT2D eigenvalue weighted by Gasteiger charge is 2.10. The fourth-order valence-electron chi connectivity index (χ4n) is 2.67. The Hall–Kier alpha value is -3.38. The van der Waals surface area contributed by atoms with Crippen LogP contribution in [0.15, 0.2) is 77.4 Å². The highest BCUT2D eigenvalue weighted by Crippen LogP contribution is 2.25. The summed E-state index contributed by atoms with van der Waals surface area (Å²) in [5, 5.41) is 6.76. The Balaban J connectivity index is 1.35. The molecule has 0 fully saturated rings. The first-order valence-electron chi connectivity index (χ1n) is 8.39. The van der Waals surface area contributed by atoms with Gasteiger partial charge < -0.3 is 15.1 Å². The minimum Gasteiger partial charge on any atom is -0.459 e. The molecule has 2 aromatic heterocycles. The molecule has 0 atom stereocenters. The first-order chi connectivity index (χ1) is 13.2. The Bertz CT molecular complexity index is 1050. The molecule has 6 heteroatoms. The number of anilines is 1. The van der Waals surface area contributed by atoms with Crippen LogP contribution >= 0.6 is 11.3 Å². The van der Waals surface area contributed by atoms with Crippen LogP contribution in [-0.2, 0) is 6.54 Å². The van der Waals surface area contributed by atoms with Crippen LogP contribution in [0.25, 0.3) is 10.1 Å². The number of benzene rings is 2. The Labute approximate surface area is 159 Å². The molecule has 134 valence electrons. The fourth-order valence-corrected chi connectivity index (χ4v) is 3.65. The van der Waals surface area contributed by atoms with Crippen molar-refractivity contribution in [3.05, 3.63) is 89.2 Å². The summed E-state index contributed by atoms with van der Waals surface area (Å²) in [5.41, 5.74) is 1.61. The zero-order valence-electron chi connectivity index (χ0n) is 14.3. The number of nitrogens with one attached hydrogen (secondary N) is 2. The smallest absolute Gasteiger partial charge is 0.291 e. The van der Waals surface area contributed by atoms with E-state index in [9.17, 15) is 9.59 Å². The first kappa shape index (κ1) is 17.1. The average Bonchev–Trinajstić information content (AvgIpc) is 3.37. The summed E-state index contributed by atoms with van der Waals surface area (Å²) in [7, 11) is 0. The standard InChI is InChI=1S/C21H16N2O3S/c24-20(17-5-3-11-26-17)23-16-9-7-14(8-10-16)13-22-21(25)19-12-15-4-1-2-6-18(15)27-19/h1-12H,13H2,(H,22,25)(H,23,24). The van der Waals surface area contributed by atoms with Gasteiger partial charge in [0.05, 0.1) is 11.1 Å². The summed E-state index contributed by atoms with van der Waals surface area (Å²) in [5.74, 6) is -0.133. The van der Waals surface area contributed by atoms with E-state index in [0.29, 0.717) is 17.1 Å². The molecule has 0 aliphatic heterocycles. The van der Waals surface area contributed by atoms with Crippen LogP contribution in [0.3, 0.4) is 0 Å². The summed E-state index contributed by atoms with van der Waals surface area (Å²) in [6.45, 7) is 0.416. The van der Waals surface area contributed by atoms with Gasteiger partial charge in [-0.3, -0.25) is 9.59 Å². The third-order valence-corrected chi connectivity index (χ3v) is 5.17. The zero-order valence-corrected chi connectivity index (χ0v) is 15.1. The third-order valence-electron chi connectivity index (χ3n) is 4.06. The van der Waals surface area contributed by atoms with Crippen molar-refractivity contribution in [1.29, 1.82) is 0 Å². The fraction of sp³-hybridized carbons (Fsp3) is 0.0476. The number of hydrogen-bond donors (Lipinski definition) is 2. The van der Waals surface area contributed by atoms with Gasteiger partial charge in [-0.1, -0.05) is 30.3 Å². The van der Waals surface area contributed by atoms with E-state index in [4.69, 9.17) is 4.42 Å². The van der Waals surface area contributed by atoms with Crippen molar-refractivity contribution < 1.29 is 14.0 Å². The van der Waals surface area contributed by atoms with Gasteiger partial charge in [0.1, 0.15) is 0 Å². The van der Waals surface area contributed by atoms with E-state index < -0.39 is 0 Å². The largest absolute Gasteiger partial charge is 0.459 e. The number of furan rings is 1. The molecule has 2 aromatic carbocycles. The zero-order chi connectivity index (χ0) is 18.6. The summed E-state index contributed by atoms with van der Waals surface area (Å²) in [6.07, 6.45) is 1.46. The van der Waals surface area contributed by atoms with Crippen LogP contribution in [0.5, 0.6) is 0 Å². The summed E-state index contributed by atoms with van der Waals surface area (Å²) in [6, 6.07) is 20.4. The topological polar surface area (TPSA) is 71.3 Å². The summed E-state index contributed by atoms with van der Waals surface area (Å²) in [4.78, 5) is 25.0. The molecule has 4 rings (SSSR count). The van der Waals surface area contributed by atoms with E-state index in [-0.39, 0.29) is 17.6 Å². The van der Waals surface area contributed by atoms with Gasteiger partial charge in [0.15, 0.2) is 5.76 Å². The monoisotopic (exact) mass is 376 g/mol. The molecule has 0 radical (unpaired) electrons. The summed E-state index contributed by atoms with van der Waals surface area (Å²) >= 11 is 1.48. The predicted octanol–water partition coefficient (Wildman–Crippen LogP) is 4.68. The molecule has 0 bridgehead atoms. The predicted molar refractivity (Wildman–Crippen MR) is 106 cm³/mol. The van der Waals surface area contributed by atoms with Gasteiger partial charge in [-0.05, 0) is 47.3 Å². The van der Waals surface area contributed by atoms with E-state index in [1.807, 2.05) is 42.5 Å². The van der Waals surface area contributed by atoms with Crippen LogP contribution < -0.4 is 10.6 Å². The number of thiophene rings is 1. The van der Waals surface area contributed by atoms with Crippen LogP contribution in [0.1, 0.15) is 25.8 Å². The van der Waals surface area contributed by atoms with E-state index in [1.165, 1.54) is 17.6 Å². The molecule has 0 aliphatic rings. The van der Waals surface area contributed by atoms with E-state index in [2.05, 4.69) is 10.6 Å². The van der Waals surface area contributed by atoms with Crippen molar-refractivity contribution in [2.45, 2.75) is 6.54 Å². The number of amides is 2. The lowest BCUT2D eigenvalue weighted by molar-refractivity contribution is 0.0954. The van der Waals surface area contributed by atoms with Crippen molar-refractivity contribution in [2.24, 2.45) is 0 Å². The number of hydrogen-bond acceptors (Lipinski definition) is 4. The second kappa shape index (κ2) is 7.47. The van der Waals surface area contributed by atoms with Gasteiger partial charge in [-0.2, -0.15) is 0 Å². The molecule has 0 aliphatic carbocycles. The van der Waals surface area contributed by atoms with Crippen molar-refractivity contribution in [1.82, 2.24) is 5.32 Å². The minimum absolute atomic E-state index is 0.0913. The minimum atomic E-state index is -0.300. The lowest BCUT2D eigenvalue weighted by atomic mass is 10.2. The molecule has 4 aromatic rings. The second-order valence-electron chi connectivity index (χ2n) is 5.96. The van der Waals surface area contributed by atoms with Crippen LogP contribution in [0.2, 0.25) is 0 Å². The van der Waals surface area contributed by atoms with Crippen molar-refractivity contribution in [3.63, 3.8) is 0 Å². The maximum Gasteiger partial charge on any atom is 0.291 e. The number of carbonyl (C=O) groups is 2. The SMILES string of the molecule is O=C(Nc1ccc(CNC(=O)c2cc3ccccc3s2)cc1)c1ccco1. The molecular formula is C21H16N2O3S. The van der Waals surface area contributed by atoms with Gasteiger partial charge in [-0.15, -0.1) is 11.3 Å². The maximum atomic E-state index is 12.4. The lowest BCUT2D eigenvalue weighted by Gasteiger charge is -2.06. The van der Waals surface area contributed by atoms with E-state index in [1.54, 1.807) is 24.3 Å². The Kier molecular flexibility index (Phi) is 4.72. The maximum absolute atomic E-state index is 12.4. The Morgan fingerprint density at radius 3 is 2.48 bits per heavy atom. The van der Waals surface area contributed by atoms with E-state index in [0.717, 1.165) is 15.6 Å². The van der Waals surface area contributed by atoms with Crippen LogP contribution in [-0.4, -0.2) is 11.8 Å². The van der Waals surface area contributed by atoms with Gasteiger partial charge >= 0.3 is 0 Å². The number of carbonyl (C=O) groups excluding carboxylic acids is 2. The highest BCUT2D eigenvalue weighted by molar-refractivity contribution is 7.20. The highest BCUT2D eigenvalue weighted by atomic mass is 32.1. The molecule has 0 saturated heterocycles. The Morgan fingerprint density at radius 2 is 1.74 bits per heavy atom. The first-order valence-corrected chi connectivity index (χ1v) is 9.21. The van der Waals surface area contributed by atoms with Crippen molar-refractivity contribution in [2.75, 3.05) is 5.32 Å². The molecular weight excluding hydrogens is 360 g/mol. The average molecular weight is 376 g/mol. The van der Waals surface area contributed by atoms with Gasteiger partial charge in [0.25, 0.3) is 11.8 Å². The second-order valence-corrected chi connectivity index (χ2v) is 7.04. The normalized spacial score (nSPS) is 10.7. The summed E-state index contributed by atoms with van der Waals surface area (Å²) < 4.78 is 6.16. The van der Waals surface area contributed by atoms with Crippen LogP contribution in [0, 0.1) is 0 Å². The van der Waals surface area contributed by atoms with Crippen molar-refractivity contribution in [3.8, 4) is 0 Å². The molecule has 0 saturated carbocycles. The molecule has 2 amide bonds. The van der Waals surface area contributed by atoms with Crippen molar-refractivity contribution >= 4 is 38.9 Å². The van der Waals surface area contributed by atoms with Gasteiger partial charge in [0.2, 0.25) is 0 Å². The molecule has 2 N–H and O–H groups in total. The van der Waals surface area contributed by atoms with Gasteiger partial charge in [0, 0.05) is 16.9 Å². The third kappa shape index (κ3) is 3.91. The van der Waals surface area contributed by atoms with E-state index >= 15 is 0 Å². The van der Waals surface area contributed by atoms with Gasteiger partial charge in [-0.25, -0.2) is 0 Å². The van der Waals surface area contributed by atoms with Crippen LogP contribution in [0.4, 0.5) is 5.69 Å². The molecule has 27 heavy (non-hydrogen) atoms. The molecule has 5 nitrogen and oxygen atoms in total. The lowest BCUT2D eigenvalue weighted by Crippen LogP contribution is -2.21. The number of rotatable bonds is 5. The molecule has 0 spiro atoms.